The summed E-state index contributed by atoms with van der Waals surface area (Å²) in [5.41, 5.74) is 0.794. The first-order valence-electron chi connectivity index (χ1n) is 4.75. The van der Waals surface area contributed by atoms with Gasteiger partial charge in [0.05, 0.1) is 24.2 Å². The maximum atomic E-state index is 10.9. The molecule has 17 heavy (non-hydrogen) atoms. The number of hydrogen-bond donors (Lipinski definition) is 2. The minimum absolute atomic E-state index is 0.121. The topological polar surface area (TPSA) is 71.6 Å². The highest BCUT2D eigenvalue weighted by molar-refractivity contribution is 9.10. The molecule has 0 aliphatic heterocycles. The van der Waals surface area contributed by atoms with E-state index in [1.165, 1.54) is 14.2 Å². The van der Waals surface area contributed by atoms with Crippen LogP contribution in [0.15, 0.2) is 16.6 Å². The van der Waals surface area contributed by atoms with Crippen molar-refractivity contribution < 1.29 is 19.4 Å². The van der Waals surface area contributed by atoms with Gasteiger partial charge in [0.25, 0.3) is 0 Å². The Labute approximate surface area is 105 Å². The zero-order valence-corrected chi connectivity index (χ0v) is 10.8. The van der Waals surface area contributed by atoms with Gasteiger partial charge in [0.1, 0.15) is 5.69 Å². The number of aromatic nitrogens is 1. The van der Waals surface area contributed by atoms with E-state index in [1.54, 1.807) is 12.1 Å². The zero-order chi connectivity index (χ0) is 12.6. The molecule has 2 N–H and O–H groups in total. The number of halogens is 1. The van der Waals surface area contributed by atoms with Crippen LogP contribution in [0.4, 0.5) is 0 Å². The molecule has 0 amide bonds. The van der Waals surface area contributed by atoms with Crippen LogP contribution in [0.1, 0.15) is 10.5 Å². The molecule has 1 heterocycles. The Morgan fingerprint density at radius 2 is 2.06 bits per heavy atom. The fourth-order valence-electron chi connectivity index (χ4n) is 1.65. The predicted molar refractivity (Wildman–Crippen MR) is 66.1 cm³/mol. The van der Waals surface area contributed by atoms with E-state index in [4.69, 9.17) is 14.6 Å². The molecule has 0 radical (unpaired) electrons. The SMILES string of the molecule is COc1cc2[nH]c(C(=O)O)cc2c(Br)c1OC. The second-order valence-electron chi connectivity index (χ2n) is 3.38. The number of hydrogen-bond acceptors (Lipinski definition) is 3. The molecular weight excluding hydrogens is 290 g/mol. The minimum Gasteiger partial charge on any atom is -0.493 e. The number of H-pyrrole nitrogens is 1. The Morgan fingerprint density at radius 3 is 2.59 bits per heavy atom. The van der Waals surface area contributed by atoms with Gasteiger partial charge in [-0.3, -0.25) is 0 Å². The molecule has 0 spiro atoms. The number of aromatic carboxylic acids is 1. The van der Waals surface area contributed by atoms with Gasteiger partial charge in [-0.2, -0.15) is 0 Å². The van der Waals surface area contributed by atoms with E-state index in [0.29, 0.717) is 21.5 Å². The van der Waals surface area contributed by atoms with Crippen molar-refractivity contribution in [2.45, 2.75) is 0 Å². The Balaban J connectivity index is 2.76. The van der Waals surface area contributed by atoms with Gasteiger partial charge in [-0.25, -0.2) is 4.79 Å². The average Bonchev–Trinajstić information content (AvgIpc) is 2.73. The van der Waals surface area contributed by atoms with Crippen molar-refractivity contribution in [3.05, 3.63) is 22.3 Å². The summed E-state index contributed by atoms with van der Waals surface area (Å²) in [7, 11) is 3.05. The Hall–Kier alpha value is -1.69. The number of carboxylic acid groups (broad SMARTS) is 1. The first-order valence-corrected chi connectivity index (χ1v) is 5.54. The lowest BCUT2D eigenvalue weighted by Gasteiger charge is -2.09. The number of benzene rings is 1. The Kier molecular flexibility index (Phi) is 2.97. The van der Waals surface area contributed by atoms with E-state index in [2.05, 4.69) is 20.9 Å². The molecule has 90 valence electrons. The van der Waals surface area contributed by atoms with E-state index in [-0.39, 0.29) is 5.69 Å². The van der Waals surface area contributed by atoms with Crippen LogP contribution in [0, 0.1) is 0 Å². The van der Waals surface area contributed by atoms with Crippen LogP contribution in [0.25, 0.3) is 10.9 Å². The van der Waals surface area contributed by atoms with Gasteiger partial charge in [0.15, 0.2) is 11.5 Å². The van der Waals surface area contributed by atoms with Crippen LogP contribution < -0.4 is 9.47 Å². The van der Waals surface area contributed by atoms with Gasteiger partial charge in [-0.1, -0.05) is 0 Å². The number of ether oxygens (including phenoxy) is 2. The number of carboxylic acids is 1. The highest BCUT2D eigenvalue weighted by Gasteiger charge is 2.16. The van der Waals surface area contributed by atoms with E-state index in [0.717, 1.165) is 5.39 Å². The fraction of sp³-hybridized carbons (Fsp3) is 0.182. The third-order valence-electron chi connectivity index (χ3n) is 2.44. The minimum atomic E-state index is -1.01. The van der Waals surface area contributed by atoms with Gasteiger partial charge in [0, 0.05) is 11.5 Å². The number of methoxy groups -OCH3 is 2. The van der Waals surface area contributed by atoms with Gasteiger partial charge >= 0.3 is 5.97 Å². The summed E-state index contributed by atoms with van der Waals surface area (Å²) in [5.74, 6) is 0.0626. The highest BCUT2D eigenvalue weighted by Crippen LogP contribution is 2.41. The summed E-state index contributed by atoms with van der Waals surface area (Å²) < 4.78 is 11.0. The molecule has 0 unspecified atom stereocenters. The van der Waals surface area contributed by atoms with E-state index in [1.807, 2.05) is 0 Å². The van der Waals surface area contributed by atoms with Crippen molar-refractivity contribution in [1.82, 2.24) is 4.98 Å². The van der Waals surface area contributed by atoms with Crippen LogP contribution in [0.5, 0.6) is 11.5 Å². The molecule has 2 aromatic rings. The molecule has 0 aliphatic carbocycles. The van der Waals surface area contributed by atoms with Crippen molar-refractivity contribution in [2.24, 2.45) is 0 Å². The summed E-state index contributed by atoms with van der Waals surface area (Å²) in [6, 6.07) is 3.25. The predicted octanol–water partition coefficient (Wildman–Crippen LogP) is 2.65. The lowest BCUT2D eigenvalue weighted by atomic mass is 10.2. The second kappa shape index (κ2) is 4.29. The summed E-state index contributed by atoms with van der Waals surface area (Å²) >= 11 is 3.38. The van der Waals surface area contributed by atoms with Gasteiger partial charge in [0.2, 0.25) is 0 Å². The summed E-state index contributed by atoms with van der Waals surface area (Å²) in [5, 5.41) is 9.66. The molecule has 1 aromatic heterocycles. The molecule has 6 heteroatoms. The second-order valence-corrected chi connectivity index (χ2v) is 4.17. The van der Waals surface area contributed by atoms with Crippen LogP contribution >= 0.6 is 15.9 Å². The smallest absolute Gasteiger partial charge is 0.352 e. The molecule has 2 rings (SSSR count). The standard InChI is InChI=1S/C11H10BrNO4/c1-16-8-4-6-5(9(12)10(8)17-2)3-7(13-6)11(14)15/h3-4,13H,1-2H3,(H,14,15). The van der Waals surface area contributed by atoms with E-state index < -0.39 is 5.97 Å². The lowest BCUT2D eigenvalue weighted by molar-refractivity contribution is 0.0691. The third-order valence-corrected chi connectivity index (χ3v) is 3.22. The highest BCUT2D eigenvalue weighted by atomic mass is 79.9. The fourth-order valence-corrected chi connectivity index (χ4v) is 2.34. The van der Waals surface area contributed by atoms with Crippen LogP contribution in [-0.4, -0.2) is 30.3 Å². The van der Waals surface area contributed by atoms with E-state index in [9.17, 15) is 4.79 Å². The largest absolute Gasteiger partial charge is 0.493 e. The number of fused-ring (bicyclic) bond motifs is 1. The molecular formula is C11H10BrNO4. The molecule has 1 aromatic carbocycles. The number of aromatic amines is 1. The molecule has 0 saturated carbocycles. The normalized spacial score (nSPS) is 10.5. The molecule has 0 bridgehead atoms. The number of rotatable bonds is 3. The van der Waals surface area contributed by atoms with Crippen molar-refractivity contribution in [1.29, 1.82) is 0 Å². The van der Waals surface area contributed by atoms with Gasteiger partial charge < -0.3 is 19.6 Å². The molecule has 0 fully saturated rings. The summed E-state index contributed by atoms with van der Waals surface area (Å²) in [6.07, 6.45) is 0. The summed E-state index contributed by atoms with van der Waals surface area (Å²) in [4.78, 5) is 13.7. The number of carbonyl (C=O) groups is 1. The van der Waals surface area contributed by atoms with Crippen LogP contribution in [-0.2, 0) is 0 Å². The molecule has 0 aliphatic rings. The maximum Gasteiger partial charge on any atom is 0.352 e. The van der Waals surface area contributed by atoms with Gasteiger partial charge in [-0.15, -0.1) is 0 Å². The van der Waals surface area contributed by atoms with E-state index >= 15 is 0 Å². The van der Waals surface area contributed by atoms with Crippen LogP contribution in [0.2, 0.25) is 0 Å². The Bertz CT molecular complexity index is 591. The first kappa shape index (κ1) is 11.8. The van der Waals surface area contributed by atoms with Gasteiger partial charge in [-0.05, 0) is 22.0 Å². The summed E-state index contributed by atoms with van der Waals surface area (Å²) in [6.45, 7) is 0. The van der Waals surface area contributed by atoms with Crippen molar-refractivity contribution in [3.63, 3.8) is 0 Å². The first-order chi connectivity index (χ1) is 8.08. The molecule has 0 atom stereocenters. The number of nitrogens with one attached hydrogen (secondary N) is 1. The van der Waals surface area contributed by atoms with Crippen molar-refractivity contribution >= 4 is 32.8 Å². The quantitative estimate of drug-likeness (QED) is 0.914. The lowest BCUT2D eigenvalue weighted by Crippen LogP contribution is -1.94. The Morgan fingerprint density at radius 1 is 1.35 bits per heavy atom. The third kappa shape index (κ3) is 1.84. The average molecular weight is 300 g/mol. The van der Waals surface area contributed by atoms with Crippen LogP contribution in [0.3, 0.4) is 0 Å². The maximum absolute atomic E-state index is 10.9. The van der Waals surface area contributed by atoms with Crippen molar-refractivity contribution in [3.8, 4) is 11.5 Å². The zero-order valence-electron chi connectivity index (χ0n) is 9.20. The molecule has 0 saturated heterocycles. The monoisotopic (exact) mass is 299 g/mol. The molecule has 5 nitrogen and oxygen atoms in total. The van der Waals surface area contributed by atoms with Crippen molar-refractivity contribution in [2.75, 3.05) is 14.2 Å².